The maximum absolute atomic E-state index is 11.9. The highest BCUT2D eigenvalue weighted by atomic mass is 127. The van der Waals surface area contributed by atoms with Gasteiger partial charge in [-0.3, -0.25) is 4.79 Å². The van der Waals surface area contributed by atoms with Crippen LogP contribution >= 0.6 is 24.0 Å². The fourth-order valence-electron chi connectivity index (χ4n) is 3.30. The van der Waals surface area contributed by atoms with Crippen LogP contribution in [0.2, 0.25) is 0 Å². The molecule has 1 atom stereocenters. The first-order valence-electron chi connectivity index (χ1n) is 10.1. The van der Waals surface area contributed by atoms with Crippen LogP contribution in [0.3, 0.4) is 0 Å². The second-order valence-corrected chi connectivity index (χ2v) is 7.81. The molecule has 0 aromatic rings. The van der Waals surface area contributed by atoms with E-state index < -0.39 is 0 Å². The summed E-state index contributed by atoms with van der Waals surface area (Å²) in [6.45, 7) is 7.07. The smallest absolute Gasteiger partial charge is 0.409 e. The zero-order valence-electron chi connectivity index (χ0n) is 18.0. The van der Waals surface area contributed by atoms with Crippen molar-refractivity contribution in [3.63, 3.8) is 0 Å². The molecule has 29 heavy (non-hydrogen) atoms. The average Bonchev–Trinajstić information content (AvgIpc) is 3.11. The number of halogens is 1. The van der Waals surface area contributed by atoms with Gasteiger partial charge in [0.05, 0.1) is 12.2 Å². The molecule has 2 fully saturated rings. The molecule has 2 rings (SSSR count). The highest BCUT2D eigenvalue weighted by Crippen LogP contribution is 2.23. The SMILES string of the molecule is CCOC(=O)N1CCC(NC(=NCC(=O)N(C)C)NCC2(C)CCCO2)CC1.I. The van der Waals surface area contributed by atoms with Crippen LogP contribution in [0.4, 0.5) is 4.79 Å². The number of piperidine rings is 1. The standard InChI is InChI=1S/C19H35N5O4.HI/c1-5-27-18(26)24-10-7-15(8-11-24)22-17(20-13-16(25)23(3)4)21-14-19(2)9-6-12-28-19;/h15H,5-14H2,1-4H3,(H2,20,21,22);1H. The van der Waals surface area contributed by atoms with Crippen molar-refractivity contribution in [1.29, 1.82) is 0 Å². The molecule has 2 heterocycles. The van der Waals surface area contributed by atoms with Crippen LogP contribution in [-0.2, 0) is 14.3 Å². The highest BCUT2D eigenvalue weighted by Gasteiger charge is 2.30. The first-order valence-corrected chi connectivity index (χ1v) is 10.1. The summed E-state index contributed by atoms with van der Waals surface area (Å²) in [6, 6.07) is 0.184. The number of ether oxygens (including phenoxy) is 2. The summed E-state index contributed by atoms with van der Waals surface area (Å²) in [4.78, 5) is 31.5. The number of carbonyl (C=O) groups excluding carboxylic acids is 2. The van der Waals surface area contributed by atoms with E-state index in [0.29, 0.717) is 32.2 Å². The van der Waals surface area contributed by atoms with Crippen molar-refractivity contribution in [3.8, 4) is 0 Å². The van der Waals surface area contributed by atoms with Crippen molar-refractivity contribution in [1.82, 2.24) is 20.4 Å². The van der Waals surface area contributed by atoms with Crippen molar-refractivity contribution >= 4 is 41.9 Å². The molecule has 0 radical (unpaired) electrons. The summed E-state index contributed by atoms with van der Waals surface area (Å²) < 4.78 is 10.9. The Morgan fingerprint density at radius 2 is 2.00 bits per heavy atom. The predicted molar refractivity (Wildman–Crippen MR) is 123 cm³/mol. The van der Waals surface area contributed by atoms with Gasteiger partial charge in [-0.2, -0.15) is 0 Å². The van der Waals surface area contributed by atoms with E-state index >= 15 is 0 Å². The summed E-state index contributed by atoms with van der Waals surface area (Å²) in [7, 11) is 3.44. The van der Waals surface area contributed by atoms with Crippen LogP contribution in [0.15, 0.2) is 4.99 Å². The van der Waals surface area contributed by atoms with Crippen LogP contribution in [-0.4, -0.2) is 92.9 Å². The Bertz CT molecular complexity index is 559. The minimum absolute atomic E-state index is 0. The van der Waals surface area contributed by atoms with E-state index in [1.54, 1.807) is 19.0 Å². The van der Waals surface area contributed by atoms with Gasteiger partial charge in [0, 0.05) is 46.4 Å². The van der Waals surface area contributed by atoms with Crippen LogP contribution in [0.25, 0.3) is 0 Å². The molecule has 0 spiro atoms. The van der Waals surface area contributed by atoms with Crippen molar-refractivity contribution < 1.29 is 19.1 Å². The minimum Gasteiger partial charge on any atom is -0.450 e. The molecule has 168 valence electrons. The van der Waals surface area contributed by atoms with Gasteiger partial charge in [-0.1, -0.05) is 0 Å². The number of likely N-dealkylation sites (tertiary alicyclic amines) is 1. The molecule has 0 aromatic carbocycles. The lowest BCUT2D eigenvalue weighted by Crippen LogP contribution is -2.52. The van der Waals surface area contributed by atoms with Gasteiger partial charge in [0.15, 0.2) is 5.96 Å². The summed E-state index contributed by atoms with van der Waals surface area (Å²) in [6.07, 6.45) is 3.41. The van der Waals surface area contributed by atoms with Crippen molar-refractivity contribution in [2.75, 3.05) is 53.5 Å². The molecule has 0 bridgehead atoms. The Kier molecular flexibility index (Phi) is 11.0. The minimum atomic E-state index is -0.254. The molecule has 0 saturated carbocycles. The molecule has 0 aliphatic carbocycles. The Hall–Kier alpha value is -1.30. The number of hydrogen-bond donors (Lipinski definition) is 2. The normalized spacial score (nSPS) is 22.6. The topological polar surface area (TPSA) is 95.5 Å². The van der Waals surface area contributed by atoms with Gasteiger partial charge in [0.2, 0.25) is 5.91 Å². The molecule has 9 nitrogen and oxygen atoms in total. The van der Waals surface area contributed by atoms with Crippen LogP contribution in [0.5, 0.6) is 0 Å². The lowest BCUT2D eigenvalue weighted by molar-refractivity contribution is -0.127. The van der Waals surface area contributed by atoms with Crippen molar-refractivity contribution in [2.24, 2.45) is 4.99 Å². The van der Waals surface area contributed by atoms with Gasteiger partial charge in [0.1, 0.15) is 6.54 Å². The fraction of sp³-hybridized carbons (Fsp3) is 0.842. The fourth-order valence-corrected chi connectivity index (χ4v) is 3.30. The molecule has 2 aliphatic heterocycles. The van der Waals surface area contributed by atoms with Gasteiger partial charge in [-0.25, -0.2) is 9.79 Å². The number of aliphatic imine (C=N–C) groups is 1. The molecule has 10 heteroatoms. The lowest BCUT2D eigenvalue weighted by Gasteiger charge is -2.33. The van der Waals surface area contributed by atoms with Crippen LogP contribution in [0.1, 0.15) is 39.5 Å². The molecule has 2 amide bonds. The molecule has 2 N–H and O–H groups in total. The maximum atomic E-state index is 11.9. The Morgan fingerprint density at radius 3 is 2.55 bits per heavy atom. The molecular weight excluding hydrogens is 489 g/mol. The largest absolute Gasteiger partial charge is 0.450 e. The third-order valence-electron chi connectivity index (χ3n) is 5.16. The third kappa shape index (κ3) is 8.53. The third-order valence-corrected chi connectivity index (χ3v) is 5.16. The summed E-state index contributed by atoms with van der Waals surface area (Å²) >= 11 is 0. The average molecular weight is 525 g/mol. The zero-order valence-corrected chi connectivity index (χ0v) is 20.4. The summed E-state index contributed by atoms with van der Waals surface area (Å²) in [5.74, 6) is 0.558. The van der Waals surface area contributed by atoms with E-state index in [1.165, 1.54) is 4.90 Å². The summed E-state index contributed by atoms with van der Waals surface area (Å²) in [5.41, 5.74) is -0.207. The van der Waals surface area contributed by atoms with E-state index in [1.807, 2.05) is 6.92 Å². The van der Waals surface area contributed by atoms with Gasteiger partial charge >= 0.3 is 6.09 Å². The number of amides is 2. The molecule has 2 saturated heterocycles. The predicted octanol–water partition coefficient (Wildman–Crippen LogP) is 1.42. The van der Waals surface area contributed by atoms with Gasteiger partial charge in [-0.15, -0.1) is 24.0 Å². The maximum Gasteiger partial charge on any atom is 0.409 e. The van der Waals surface area contributed by atoms with Crippen molar-refractivity contribution in [3.05, 3.63) is 0 Å². The highest BCUT2D eigenvalue weighted by molar-refractivity contribution is 14.0. The second-order valence-electron chi connectivity index (χ2n) is 7.81. The van der Waals surface area contributed by atoms with E-state index in [0.717, 1.165) is 32.3 Å². The second kappa shape index (κ2) is 12.4. The first kappa shape index (κ1) is 25.7. The summed E-state index contributed by atoms with van der Waals surface area (Å²) in [5, 5.41) is 6.75. The molecule has 0 aromatic heterocycles. The van der Waals surface area contributed by atoms with E-state index in [2.05, 4.69) is 22.5 Å². The molecule has 1 unspecified atom stereocenters. The van der Waals surface area contributed by atoms with Crippen LogP contribution < -0.4 is 10.6 Å². The quantitative estimate of drug-likeness (QED) is 0.310. The number of carbonyl (C=O) groups is 2. The van der Waals surface area contributed by atoms with Gasteiger partial charge < -0.3 is 29.9 Å². The van der Waals surface area contributed by atoms with Crippen molar-refractivity contribution in [2.45, 2.75) is 51.2 Å². The lowest BCUT2D eigenvalue weighted by atomic mass is 10.0. The Morgan fingerprint density at radius 1 is 1.31 bits per heavy atom. The Balaban J connectivity index is 0.00000420. The molecular formula is C19H36IN5O4. The Labute approximate surface area is 191 Å². The van der Waals surface area contributed by atoms with Gasteiger partial charge in [0.25, 0.3) is 0 Å². The van der Waals surface area contributed by atoms with Crippen LogP contribution in [0, 0.1) is 0 Å². The number of rotatable bonds is 6. The number of nitrogens with one attached hydrogen (secondary N) is 2. The number of likely N-dealkylation sites (N-methyl/N-ethyl adjacent to an activating group) is 1. The van der Waals surface area contributed by atoms with E-state index in [4.69, 9.17) is 9.47 Å². The number of guanidine groups is 1. The zero-order chi connectivity index (χ0) is 20.6. The van der Waals surface area contributed by atoms with E-state index in [-0.39, 0.29) is 54.2 Å². The first-order chi connectivity index (χ1) is 13.3. The molecule has 2 aliphatic rings. The number of hydrogen-bond acceptors (Lipinski definition) is 5. The monoisotopic (exact) mass is 525 g/mol. The number of nitrogens with zero attached hydrogens (tertiary/aromatic N) is 3. The van der Waals surface area contributed by atoms with E-state index in [9.17, 15) is 9.59 Å². The van der Waals surface area contributed by atoms with Gasteiger partial charge in [-0.05, 0) is 39.5 Å².